The fourth-order valence-corrected chi connectivity index (χ4v) is 5.22. The Morgan fingerprint density at radius 2 is 1.69 bits per heavy atom. The molecule has 2 aromatic carbocycles. The second kappa shape index (κ2) is 9.86. The van der Waals surface area contributed by atoms with E-state index in [0.29, 0.717) is 24.2 Å². The minimum atomic E-state index is -4.57. The standard InChI is InChI=1S/C26H26Cl2F4N4/c1-2-11-35(22(12-15-3-4-15)16-7-9-19(29)10-8-16)25-33-24(17-5-6-17)36(34-25)23-20(27)13-18(14-21(23)28)26(30,31)32/h7-10,13-15,17,22H,2-6,11-12H2,1H3. The molecule has 192 valence electrons. The third kappa shape index (κ3) is 5.35. The maximum absolute atomic E-state index is 13.7. The molecule has 1 heterocycles. The maximum atomic E-state index is 13.7. The first kappa shape index (κ1) is 25.3. The van der Waals surface area contributed by atoms with Crippen LogP contribution in [0.3, 0.4) is 0 Å². The summed E-state index contributed by atoms with van der Waals surface area (Å²) in [6.07, 6.45) is 1.28. The minimum Gasteiger partial charge on any atom is -0.332 e. The van der Waals surface area contributed by atoms with Crippen LogP contribution in [0.15, 0.2) is 36.4 Å². The van der Waals surface area contributed by atoms with Crippen LogP contribution in [-0.4, -0.2) is 21.3 Å². The number of halogens is 6. The van der Waals surface area contributed by atoms with Crippen LogP contribution in [0, 0.1) is 11.7 Å². The van der Waals surface area contributed by atoms with Crippen molar-refractivity contribution in [3.8, 4) is 5.69 Å². The first-order chi connectivity index (χ1) is 17.2. The third-order valence-corrected chi connectivity index (χ3v) is 7.30. The summed E-state index contributed by atoms with van der Waals surface area (Å²) < 4.78 is 55.1. The van der Waals surface area contributed by atoms with E-state index in [1.54, 1.807) is 12.1 Å². The average Bonchev–Trinajstić information content (AvgIpc) is 3.75. The lowest BCUT2D eigenvalue weighted by molar-refractivity contribution is -0.137. The van der Waals surface area contributed by atoms with Gasteiger partial charge in [-0.15, -0.1) is 5.10 Å². The van der Waals surface area contributed by atoms with Crippen LogP contribution in [-0.2, 0) is 6.18 Å². The SMILES string of the molecule is CCCN(c1nc(C2CC2)n(-c2c(Cl)cc(C(F)(F)F)cc2Cl)n1)C(CC1CC1)c1ccc(F)cc1. The van der Waals surface area contributed by atoms with Crippen LogP contribution in [0.25, 0.3) is 5.69 Å². The van der Waals surface area contributed by atoms with Gasteiger partial charge in [0.2, 0.25) is 5.95 Å². The molecule has 1 aromatic heterocycles. The predicted molar refractivity (Wildman–Crippen MR) is 132 cm³/mol. The summed E-state index contributed by atoms with van der Waals surface area (Å²) in [4.78, 5) is 7.00. The number of benzene rings is 2. The van der Waals surface area contributed by atoms with E-state index < -0.39 is 11.7 Å². The van der Waals surface area contributed by atoms with Gasteiger partial charge in [-0.1, -0.05) is 55.1 Å². The van der Waals surface area contributed by atoms with E-state index in [4.69, 9.17) is 33.3 Å². The van der Waals surface area contributed by atoms with Gasteiger partial charge < -0.3 is 4.90 Å². The van der Waals surface area contributed by atoms with E-state index in [1.165, 1.54) is 16.8 Å². The van der Waals surface area contributed by atoms with E-state index in [-0.39, 0.29) is 33.5 Å². The van der Waals surface area contributed by atoms with Gasteiger partial charge in [-0.05, 0) is 61.4 Å². The van der Waals surface area contributed by atoms with Gasteiger partial charge in [0.1, 0.15) is 17.3 Å². The molecule has 3 aromatic rings. The van der Waals surface area contributed by atoms with Crippen molar-refractivity contribution in [3.05, 3.63) is 69.2 Å². The lowest BCUT2D eigenvalue weighted by Crippen LogP contribution is -2.31. The zero-order valence-corrected chi connectivity index (χ0v) is 21.2. The Hall–Kier alpha value is -2.32. The number of aromatic nitrogens is 3. The highest BCUT2D eigenvalue weighted by molar-refractivity contribution is 6.37. The van der Waals surface area contributed by atoms with E-state index >= 15 is 0 Å². The van der Waals surface area contributed by atoms with Crippen LogP contribution in [0.2, 0.25) is 10.0 Å². The van der Waals surface area contributed by atoms with Crippen molar-refractivity contribution in [2.45, 2.75) is 63.6 Å². The summed E-state index contributed by atoms with van der Waals surface area (Å²) in [5, 5.41) is 4.50. The largest absolute Gasteiger partial charge is 0.416 e. The molecule has 0 spiro atoms. The van der Waals surface area contributed by atoms with Gasteiger partial charge in [0, 0.05) is 12.5 Å². The molecule has 0 N–H and O–H groups in total. The van der Waals surface area contributed by atoms with Gasteiger partial charge in [0.05, 0.1) is 21.7 Å². The van der Waals surface area contributed by atoms with Crippen molar-refractivity contribution < 1.29 is 17.6 Å². The van der Waals surface area contributed by atoms with E-state index in [1.807, 2.05) is 0 Å². The molecule has 36 heavy (non-hydrogen) atoms. The van der Waals surface area contributed by atoms with Crippen molar-refractivity contribution in [2.24, 2.45) is 5.92 Å². The molecule has 1 atom stereocenters. The van der Waals surface area contributed by atoms with Gasteiger partial charge in [0.25, 0.3) is 0 Å². The molecule has 10 heteroatoms. The number of anilines is 1. The van der Waals surface area contributed by atoms with Crippen LogP contribution < -0.4 is 4.90 Å². The zero-order chi connectivity index (χ0) is 25.6. The zero-order valence-electron chi connectivity index (χ0n) is 19.7. The molecule has 2 aliphatic carbocycles. The minimum absolute atomic E-state index is 0.0560. The van der Waals surface area contributed by atoms with E-state index in [9.17, 15) is 17.6 Å². The highest BCUT2D eigenvalue weighted by Gasteiger charge is 2.37. The molecule has 4 nitrogen and oxygen atoms in total. The number of alkyl halides is 3. The van der Waals surface area contributed by atoms with Crippen molar-refractivity contribution in [3.63, 3.8) is 0 Å². The molecule has 0 radical (unpaired) electrons. The average molecular weight is 541 g/mol. The topological polar surface area (TPSA) is 34.0 Å². The van der Waals surface area contributed by atoms with E-state index in [0.717, 1.165) is 56.2 Å². The Morgan fingerprint density at radius 1 is 1.06 bits per heavy atom. The molecule has 2 aliphatic rings. The lowest BCUT2D eigenvalue weighted by atomic mass is 9.99. The Balaban J connectivity index is 1.59. The summed E-state index contributed by atoms with van der Waals surface area (Å²) in [6, 6.07) is 8.21. The normalized spacial score (nSPS) is 16.9. The van der Waals surface area contributed by atoms with E-state index in [2.05, 4.69) is 11.8 Å². The van der Waals surface area contributed by atoms with Gasteiger partial charge >= 0.3 is 6.18 Å². The molecule has 0 amide bonds. The first-order valence-electron chi connectivity index (χ1n) is 12.2. The quantitative estimate of drug-likeness (QED) is 0.255. The first-order valence-corrected chi connectivity index (χ1v) is 13.0. The molecule has 1 unspecified atom stereocenters. The number of hydrogen-bond donors (Lipinski definition) is 0. The van der Waals surface area contributed by atoms with Crippen LogP contribution in [0.5, 0.6) is 0 Å². The lowest BCUT2D eigenvalue weighted by Gasteiger charge is -2.31. The third-order valence-electron chi connectivity index (χ3n) is 6.73. The summed E-state index contributed by atoms with van der Waals surface area (Å²) in [7, 11) is 0. The molecule has 0 bridgehead atoms. The van der Waals surface area contributed by atoms with Crippen molar-refractivity contribution in [2.75, 3.05) is 11.4 Å². The molecule has 2 saturated carbocycles. The Kier molecular flexibility index (Phi) is 6.94. The van der Waals surface area contributed by atoms with Gasteiger partial charge in [-0.25, -0.2) is 9.07 Å². The fraction of sp³-hybridized carbons (Fsp3) is 0.462. The second-order valence-corrected chi connectivity index (χ2v) is 10.5. The fourth-order valence-electron chi connectivity index (χ4n) is 4.57. The van der Waals surface area contributed by atoms with Gasteiger partial charge in [0.15, 0.2) is 0 Å². The highest BCUT2D eigenvalue weighted by Crippen LogP contribution is 2.45. The number of nitrogens with zero attached hydrogens (tertiary/aromatic N) is 4. The van der Waals surface area contributed by atoms with Crippen LogP contribution >= 0.6 is 23.2 Å². The monoisotopic (exact) mass is 540 g/mol. The smallest absolute Gasteiger partial charge is 0.332 e. The Morgan fingerprint density at radius 3 is 2.22 bits per heavy atom. The molecular formula is C26H26Cl2F4N4. The van der Waals surface area contributed by atoms with Gasteiger partial charge in [-0.2, -0.15) is 18.2 Å². The highest BCUT2D eigenvalue weighted by atomic mass is 35.5. The van der Waals surface area contributed by atoms with Gasteiger partial charge in [-0.3, -0.25) is 0 Å². The van der Waals surface area contributed by atoms with Crippen molar-refractivity contribution >= 4 is 29.2 Å². The summed E-state index contributed by atoms with van der Waals surface area (Å²) in [5.41, 5.74) is 0.263. The maximum Gasteiger partial charge on any atom is 0.416 e. The predicted octanol–water partition coefficient (Wildman–Crippen LogP) is 8.37. The molecule has 0 saturated heterocycles. The van der Waals surface area contributed by atoms with Crippen LogP contribution in [0.1, 0.15) is 74.4 Å². The second-order valence-electron chi connectivity index (χ2n) is 9.68. The Bertz CT molecular complexity index is 1210. The molecule has 2 fully saturated rings. The number of hydrogen-bond acceptors (Lipinski definition) is 3. The Labute approximate surface area is 217 Å². The summed E-state index contributed by atoms with van der Waals surface area (Å²) in [5.74, 6) is 1.54. The van der Waals surface area contributed by atoms with Crippen LogP contribution in [0.4, 0.5) is 23.5 Å². The number of rotatable bonds is 9. The molecule has 5 rings (SSSR count). The molecule has 0 aliphatic heterocycles. The molecular weight excluding hydrogens is 515 g/mol. The van der Waals surface area contributed by atoms with Crippen molar-refractivity contribution in [1.82, 2.24) is 14.8 Å². The summed E-state index contributed by atoms with van der Waals surface area (Å²) in [6.45, 7) is 2.73. The summed E-state index contributed by atoms with van der Waals surface area (Å²) >= 11 is 12.7. The van der Waals surface area contributed by atoms with Crippen molar-refractivity contribution in [1.29, 1.82) is 0 Å².